The average molecular weight is 168 g/mol. The molecule has 1 fully saturated rings. The minimum absolute atomic E-state index is 0.262. The minimum atomic E-state index is -0.522. The van der Waals surface area contributed by atoms with E-state index in [-0.39, 0.29) is 6.10 Å². The highest BCUT2D eigenvalue weighted by molar-refractivity contribution is 4.98. The number of rotatable bonds is 4. The van der Waals surface area contributed by atoms with Crippen LogP contribution in [0.5, 0.6) is 0 Å². The van der Waals surface area contributed by atoms with Crippen LogP contribution in [-0.2, 0) is 4.74 Å². The maximum atomic E-state index is 9.76. The van der Waals surface area contributed by atoms with E-state index in [2.05, 4.69) is 5.92 Å². The fourth-order valence-electron chi connectivity index (χ4n) is 1.65. The fraction of sp³-hybridized carbons (Fsp3) is 0.800. The van der Waals surface area contributed by atoms with Crippen LogP contribution in [0.4, 0.5) is 0 Å². The second-order valence-electron chi connectivity index (χ2n) is 3.41. The quantitative estimate of drug-likeness (QED) is 0.642. The summed E-state index contributed by atoms with van der Waals surface area (Å²) in [5, 5.41) is 9.76. The molecule has 2 nitrogen and oxygen atoms in total. The van der Waals surface area contributed by atoms with Gasteiger partial charge in [0.15, 0.2) is 0 Å². The molecule has 0 amide bonds. The zero-order valence-corrected chi connectivity index (χ0v) is 7.55. The first-order valence-electron chi connectivity index (χ1n) is 4.47. The summed E-state index contributed by atoms with van der Waals surface area (Å²) >= 11 is 0. The van der Waals surface area contributed by atoms with Gasteiger partial charge in [0.2, 0.25) is 0 Å². The van der Waals surface area contributed by atoms with E-state index in [9.17, 15) is 5.11 Å². The van der Waals surface area contributed by atoms with E-state index >= 15 is 0 Å². The normalized spacial score (nSPS) is 33.9. The van der Waals surface area contributed by atoms with Crippen LogP contribution in [0.3, 0.4) is 0 Å². The topological polar surface area (TPSA) is 29.5 Å². The zero-order valence-electron chi connectivity index (χ0n) is 7.55. The Kier molecular flexibility index (Phi) is 3.13. The molecule has 68 valence electrons. The van der Waals surface area contributed by atoms with Crippen molar-refractivity contribution in [3.8, 4) is 12.3 Å². The molecular weight excluding hydrogens is 152 g/mol. The SMILES string of the molecule is C#CCCC1(O)CC(OCC)C1. The summed E-state index contributed by atoms with van der Waals surface area (Å²) in [4.78, 5) is 0. The molecule has 0 aromatic rings. The Morgan fingerprint density at radius 3 is 2.83 bits per heavy atom. The Balaban J connectivity index is 2.17. The van der Waals surface area contributed by atoms with Crippen molar-refractivity contribution in [1.82, 2.24) is 0 Å². The first kappa shape index (κ1) is 9.57. The van der Waals surface area contributed by atoms with Gasteiger partial charge in [-0.1, -0.05) is 0 Å². The van der Waals surface area contributed by atoms with Gasteiger partial charge in [0, 0.05) is 25.9 Å². The molecule has 0 saturated heterocycles. The Hall–Kier alpha value is -0.520. The third-order valence-electron chi connectivity index (χ3n) is 2.35. The van der Waals surface area contributed by atoms with Gasteiger partial charge in [-0.15, -0.1) is 12.3 Å². The van der Waals surface area contributed by atoms with Gasteiger partial charge in [-0.3, -0.25) is 0 Å². The molecule has 0 aliphatic heterocycles. The Morgan fingerprint density at radius 1 is 1.67 bits per heavy atom. The van der Waals surface area contributed by atoms with E-state index in [1.165, 1.54) is 0 Å². The first-order chi connectivity index (χ1) is 5.70. The summed E-state index contributed by atoms with van der Waals surface area (Å²) < 4.78 is 5.34. The van der Waals surface area contributed by atoms with Crippen molar-refractivity contribution >= 4 is 0 Å². The molecular formula is C10H16O2. The third-order valence-corrected chi connectivity index (χ3v) is 2.35. The number of terminal acetylenes is 1. The lowest BCUT2D eigenvalue weighted by Crippen LogP contribution is -2.48. The lowest BCUT2D eigenvalue weighted by Gasteiger charge is -2.43. The molecule has 1 aliphatic rings. The highest BCUT2D eigenvalue weighted by atomic mass is 16.5. The van der Waals surface area contributed by atoms with E-state index < -0.39 is 5.60 Å². The molecule has 0 bridgehead atoms. The molecule has 1 saturated carbocycles. The number of aliphatic hydroxyl groups is 1. The molecule has 0 aromatic heterocycles. The second-order valence-corrected chi connectivity index (χ2v) is 3.41. The maximum absolute atomic E-state index is 9.76. The highest BCUT2D eigenvalue weighted by Crippen LogP contribution is 2.37. The standard InChI is InChI=1S/C10H16O2/c1-3-5-6-10(11)7-9(8-10)12-4-2/h1,9,11H,4-8H2,2H3. The molecule has 0 unspecified atom stereocenters. The van der Waals surface area contributed by atoms with Crippen LogP contribution in [0.15, 0.2) is 0 Å². The number of hydrogen-bond acceptors (Lipinski definition) is 2. The van der Waals surface area contributed by atoms with E-state index in [1.54, 1.807) is 0 Å². The molecule has 1 aliphatic carbocycles. The van der Waals surface area contributed by atoms with Crippen LogP contribution < -0.4 is 0 Å². The van der Waals surface area contributed by atoms with Gasteiger partial charge < -0.3 is 9.84 Å². The third kappa shape index (κ3) is 2.23. The molecule has 0 radical (unpaired) electrons. The maximum Gasteiger partial charge on any atom is 0.0706 e. The predicted octanol–water partition coefficient (Wildman–Crippen LogP) is 1.33. The van der Waals surface area contributed by atoms with Gasteiger partial charge in [-0.2, -0.15) is 0 Å². The second kappa shape index (κ2) is 3.93. The fourth-order valence-corrected chi connectivity index (χ4v) is 1.65. The smallest absolute Gasteiger partial charge is 0.0706 e. The molecule has 2 heteroatoms. The van der Waals surface area contributed by atoms with Crippen LogP contribution in [0, 0.1) is 12.3 Å². The molecule has 0 atom stereocenters. The summed E-state index contributed by atoms with van der Waals surface area (Å²) in [7, 11) is 0. The average Bonchev–Trinajstić information content (AvgIpc) is 1.99. The lowest BCUT2D eigenvalue weighted by atomic mass is 9.74. The Bertz CT molecular complexity index is 175. The van der Waals surface area contributed by atoms with Crippen molar-refractivity contribution in [2.24, 2.45) is 0 Å². The summed E-state index contributed by atoms with van der Waals surface area (Å²) in [6, 6.07) is 0. The van der Waals surface area contributed by atoms with E-state index in [1.807, 2.05) is 6.92 Å². The summed E-state index contributed by atoms with van der Waals surface area (Å²) in [5.74, 6) is 2.54. The summed E-state index contributed by atoms with van der Waals surface area (Å²) in [6.07, 6.45) is 8.26. The van der Waals surface area contributed by atoms with Crippen LogP contribution in [0.1, 0.15) is 32.6 Å². The largest absolute Gasteiger partial charge is 0.390 e. The van der Waals surface area contributed by atoms with Gasteiger partial charge in [0.25, 0.3) is 0 Å². The first-order valence-corrected chi connectivity index (χ1v) is 4.47. The Morgan fingerprint density at radius 2 is 2.33 bits per heavy atom. The van der Waals surface area contributed by atoms with Crippen molar-refractivity contribution in [2.45, 2.75) is 44.3 Å². The zero-order chi connectivity index (χ0) is 9.03. The molecule has 1 N–H and O–H groups in total. The summed E-state index contributed by atoms with van der Waals surface area (Å²) in [6.45, 7) is 2.70. The van der Waals surface area contributed by atoms with Crippen molar-refractivity contribution in [3.05, 3.63) is 0 Å². The van der Waals surface area contributed by atoms with Crippen LogP contribution in [-0.4, -0.2) is 23.4 Å². The number of ether oxygens (including phenoxy) is 1. The molecule has 0 spiro atoms. The van der Waals surface area contributed by atoms with Crippen molar-refractivity contribution in [2.75, 3.05) is 6.61 Å². The van der Waals surface area contributed by atoms with E-state index in [0.29, 0.717) is 12.8 Å². The van der Waals surface area contributed by atoms with Crippen molar-refractivity contribution in [1.29, 1.82) is 0 Å². The van der Waals surface area contributed by atoms with Gasteiger partial charge in [-0.25, -0.2) is 0 Å². The van der Waals surface area contributed by atoms with Crippen molar-refractivity contribution in [3.63, 3.8) is 0 Å². The van der Waals surface area contributed by atoms with Crippen LogP contribution in [0.2, 0.25) is 0 Å². The van der Waals surface area contributed by atoms with E-state index in [4.69, 9.17) is 11.2 Å². The molecule has 0 heterocycles. The predicted molar refractivity (Wildman–Crippen MR) is 47.7 cm³/mol. The molecule has 1 rings (SSSR count). The van der Waals surface area contributed by atoms with Gasteiger partial charge in [0.05, 0.1) is 11.7 Å². The molecule has 0 aromatic carbocycles. The number of hydrogen-bond donors (Lipinski definition) is 1. The minimum Gasteiger partial charge on any atom is -0.390 e. The van der Waals surface area contributed by atoms with Crippen LogP contribution in [0.25, 0.3) is 0 Å². The van der Waals surface area contributed by atoms with Crippen molar-refractivity contribution < 1.29 is 9.84 Å². The van der Waals surface area contributed by atoms with Crippen LogP contribution >= 0.6 is 0 Å². The monoisotopic (exact) mass is 168 g/mol. The molecule has 12 heavy (non-hydrogen) atoms. The highest BCUT2D eigenvalue weighted by Gasteiger charge is 2.42. The Labute approximate surface area is 73.9 Å². The van der Waals surface area contributed by atoms with E-state index in [0.717, 1.165) is 19.4 Å². The summed E-state index contributed by atoms with van der Waals surface area (Å²) in [5.41, 5.74) is -0.522. The lowest BCUT2D eigenvalue weighted by molar-refractivity contribution is -0.139. The van der Waals surface area contributed by atoms with Gasteiger partial charge in [0.1, 0.15) is 0 Å². The van der Waals surface area contributed by atoms with Gasteiger partial charge in [-0.05, 0) is 13.3 Å². The van der Waals surface area contributed by atoms with Gasteiger partial charge >= 0.3 is 0 Å².